The fraction of sp³-hybridized carbons (Fsp3) is 0.667. The van der Waals surface area contributed by atoms with Gasteiger partial charge in [-0.25, -0.2) is 0 Å². The predicted octanol–water partition coefficient (Wildman–Crippen LogP) is 6.10. The summed E-state index contributed by atoms with van der Waals surface area (Å²) in [5, 5.41) is 5.58. The molecule has 26 nitrogen and oxygen atoms in total. The molecule has 2 aromatic carbocycles. The number of carbonyl (C=O) groups is 12. The van der Waals surface area contributed by atoms with E-state index in [1.165, 1.54) is 84.8 Å². The van der Waals surface area contributed by atoms with E-state index in [2.05, 4.69) is 10.6 Å². The molecular weight excluding hydrogens is 1440 g/mol. The fourth-order valence-corrected chi connectivity index (χ4v) is 16.2. The van der Waals surface area contributed by atoms with Gasteiger partial charge in [-0.05, 0) is 131 Å². The van der Waals surface area contributed by atoms with Crippen molar-refractivity contribution in [2.24, 2.45) is 11.8 Å². The van der Waals surface area contributed by atoms with E-state index in [1.54, 1.807) is 44.7 Å². The highest BCUT2D eigenvalue weighted by Gasteiger charge is 2.57. The number of benzene rings is 2. The molecule has 0 aromatic heterocycles. The van der Waals surface area contributed by atoms with E-state index in [-0.39, 0.29) is 82.2 Å². The lowest BCUT2D eigenvalue weighted by Gasteiger charge is -2.51. The molecule has 2 N–H and O–H groups in total. The van der Waals surface area contributed by atoms with Crippen molar-refractivity contribution in [2.45, 2.75) is 222 Å². The van der Waals surface area contributed by atoms with Gasteiger partial charge in [-0.3, -0.25) is 57.5 Å². The Morgan fingerprint density at radius 2 is 1.28 bits per heavy atom. The minimum absolute atomic E-state index is 0.0838. The first-order chi connectivity index (χ1) is 51.9. The molecule has 2 saturated carbocycles. The van der Waals surface area contributed by atoms with E-state index in [0.29, 0.717) is 70.9 Å². The SMILES string of the molecule is CCC[C@H]1C(=O)N[C@@H]([C@@H](C)CC)C(=O)N(C)CC(=O)N(C)[C@H]2C/C=C\CCN(C2=O)[C@@H](Cc2ccc(C(F)(F)F)cc2)C(=O)N(C)CC(=O)N[C@@H](CCc2ccc(C(F)(F)F)c(OC)c2)C(=O)N2C[C@H](OCC)C[C@H]2C(=O)N(C)C2(CCC2)C(=O)N(C)[C@@H](C2CCCC2)C(=O)N(C)[C@H](C(=O)N2CCCC2)CC(=O)N1C. The lowest BCUT2D eigenvalue weighted by Crippen LogP contribution is -2.68. The van der Waals surface area contributed by atoms with Crippen LogP contribution in [0.1, 0.15) is 159 Å². The van der Waals surface area contributed by atoms with Gasteiger partial charge in [-0.2, -0.15) is 26.3 Å². The Morgan fingerprint density at radius 3 is 1.87 bits per heavy atom. The van der Waals surface area contributed by atoms with Crippen LogP contribution < -0.4 is 15.4 Å². The molecule has 4 heterocycles. The van der Waals surface area contributed by atoms with Crippen molar-refractivity contribution in [3.8, 4) is 5.75 Å². The summed E-state index contributed by atoms with van der Waals surface area (Å²) in [7, 11) is 10.6. The third-order valence-electron chi connectivity index (χ3n) is 23.3. The first-order valence-corrected chi connectivity index (χ1v) is 38.4. The highest BCUT2D eigenvalue weighted by atomic mass is 19.4. The molecule has 6 aliphatic rings. The third-order valence-corrected chi connectivity index (χ3v) is 23.3. The van der Waals surface area contributed by atoms with E-state index in [1.807, 2.05) is 0 Å². The summed E-state index contributed by atoms with van der Waals surface area (Å²) in [4.78, 5) is 195. The van der Waals surface area contributed by atoms with Crippen molar-refractivity contribution in [3.05, 3.63) is 76.9 Å². The largest absolute Gasteiger partial charge is 0.496 e. The summed E-state index contributed by atoms with van der Waals surface area (Å²) in [6.07, 6.45) is -3.44. The summed E-state index contributed by atoms with van der Waals surface area (Å²) >= 11 is 0. The van der Waals surface area contributed by atoms with E-state index in [0.717, 1.165) is 58.2 Å². The smallest absolute Gasteiger partial charge is 0.419 e. The Balaban J connectivity index is 1.23. The molecule has 5 fully saturated rings. The van der Waals surface area contributed by atoms with Gasteiger partial charge in [-0.1, -0.05) is 76.8 Å². The van der Waals surface area contributed by atoms with Crippen molar-refractivity contribution < 1.29 is 93.4 Å². The van der Waals surface area contributed by atoms with Crippen LogP contribution in [0.3, 0.4) is 0 Å². The second-order valence-electron chi connectivity index (χ2n) is 30.4. The second-order valence-corrected chi connectivity index (χ2v) is 30.4. The van der Waals surface area contributed by atoms with Crippen LogP contribution in [0.5, 0.6) is 5.75 Å². The van der Waals surface area contributed by atoms with Gasteiger partial charge in [0.1, 0.15) is 59.6 Å². The molecule has 608 valence electrons. The van der Waals surface area contributed by atoms with Crippen LogP contribution in [0.15, 0.2) is 54.6 Å². The molecule has 110 heavy (non-hydrogen) atoms. The Bertz CT molecular complexity index is 3700. The van der Waals surface area contributed by atoms with Gasteiger partial charge in [0.25, 0.3) is 0 Å². The van der Waals surface area contributed by atoms with Gasteiger partial charge >= 0.3 is 12.4 Å². The minimum atomic E-state index is -4.82. The Hall–Kier alpha value is -8.84. The van der Waals surface area contributed by atoms with Gasteiger partial charge in [-0.15, -0.1) is 0 Å². The molecule has 4 aliphatic heterocycles. The first kappa shape index (κ1) is 86.7. The highest BCUT2D eigenvalue weighted by Crippen LogP contribution is 2.43. The predicted molar refractivity (Wildman–Crippen MR) is 392 cm³/mol. The highest BCUT2D eigenvalue weighted by molar-refractivity contribution is 6.01. The van der Waals surface area contributed by atoms with Gasteiger partial charge in [0.2, 0.25) is 70.9 Å². The molecule has 32 heteroatoms. The number of likely N-dealkylation sites (N-methyl/N-ethyl adjacent to an activating group) is 7. The molecular formula is C78H110F6N12O14. The van der Waals surface area contributed by atoms with E-state index < -0.39 is 198 Å². The first-order valence-electron chi connectivity index (χ1n) is 38.4. The van der Waals surface area contributed by atoms with Gasteiger partial charge in [0.15, 0.2) is 0 Å². The zero-order chi connectivity index (χ0) is 81.0. The lowest BCUT2D eigenvalue weighted by molar-refractivity contribution is -0.166. The third kappa shape index (κ3) is 19.9. The van der Waals surface area contributed by atoms with Crippen molar-refractivity contribution in [1.29, 1.82) is 0 Å². The maximum absolute atomic E-state index is 15.8. The number of alkyl halides is 6. The zero-order valence-electron chi connectivity index (χ0n) is 65.4. The molecule has 2 aliphatic carbocycles. The van der Waals surface area contributed by atoms with Crippen LogP contribution in [0, 0.1) is 11.8 Å². The molecule has 0 unspecified atom stereocenters. The number of nitrogens with one attached hydrogen (secondary N) is 2. The fourth-order valence-electron chi connectivity index (χ4n) is 16.2. The topological polar surface area (TPSA) is 280 Å². The Kier molecular flexibility index (Phi) is 29.5. The maximum atomic E-state index is 15.8. The van der Waals surface area contributed by atoms with Crippen molar-refractivity contribution >= 4 is 70.9 Å². The molecule has 2 bridgehead atoms. The number of ether oxygens (including phenoxy) is 2. The number of amides is 12. The summed E-state index contributed by atoms with van der Waals surface area (Å²) in [5.41, 5.74) is -3.32. The number of aryl methyl sites for hydroxylation is 1. The number of carbonyl (C=O) groups excluding carboxylic acids is 12. The summed E-state index contributed by atoms with van der Waals surface area (Å²) in [6, 6.07) is -4.17. The van der Waals surface area contributed by atoms with Crippen LogP contribution in [-0.2, 0) is 87.5 Å². The van der Waals surface area contributed by atoms with Crippen molar-refractivity contribution in [2.75, 3.05) is 102 Å². The quantitative estimate of drug-likeness (QED) is 0.160. The minimum Gasteiger partial charge on any atom is -0.496 e. The normalized spacial score (nSPS) is 26.6. The molecule has 10 atom stereocenters. The Morgan fingerprint density at radius 1 is 0.636 bits per heavy atom. The standard InChI is InChI=1S/C78H110F6N12O14/c1-13-24-56-67(100)86-65(48(4)14-2)73(106)88(6)47-64(99)90(8)57-27-17-16-20-40-95(72(57)105)59(41-49-28-32-52(33-29-49)77(79,80)81)69(102)87(5)46-62(97)85-55(35-31-50-30-34-54(78(82,83)84)61(42-50)109-12)68(101)96-45-53(110-15-3)43-60(96)70(103)93(11)76(36-23-37-76)75(108)92(10)66(51-25-18-19-26-51)74(107)91(9)58(44-63(98)89(56)7)71(104)94-38-21-22-39-94/h16-17,28-30,32-34,42,48,51,53,55-60,65-66H,13-15,18-27,31,35-41,43-47H2,1-12H3,(H,85,97)(H,86,100)/b17-16-/t48-,53+,55-,56-,57-,58-,59-,60-,65-,66-/m0/s1. The van der Waals surface area contributed by atoms with Gasteiger partial charge in [0, 0.05) is 95.0 Å². The molecule has 0 radical (unpaired) electrons. The summed E-state index contributed by atoms with van der Waals surface area (Å²) in [6.45, 7) is 5.87. The maximum Gasteiger partial charge on any atom is 0.419 e. The molecule has 1 spiro atoms. The van der Waals surface area contributed by atoms with Gasteiger partial charge < -0.3 is 69.1 Å². The Labute approximate surface area is 640 Å². The van der Waals surface area contributed by atoms with Crippen molar-refractivity contribution in [3.63, 3.8) is 0 Å². The molecule has 2 aromatic rings. The van der Waals surface area contributed by atoms with E-state index in [9.17, 15) is 50.3 Å². The molecule has 3 saturated heterocycles. The van der Waals surface area contributed by atoms with Crippen LogP contribution in [-0.4, -0.2) is 282 Å². The monoisotopic (exact) mass is 1550 g/mol. The number of methoxy groups -OCH3 is 1. The second kappa shape index (κ2) is 37.5. The van der Waals surface area contributed by atoms with E-state index in [4.69, 9.17) is 9.47 Å². The number of nitrogens with zero attached hydrogens (tertiary/aromatic N) is 10. The van der Waals surface area contributed by atoms with Crippen LogP contribution in [0.25, 0.3) is 0 Å². The molecule has 8 rings (SSSR count). The number of hydrogen-bond acceptors (Lipinski definition) is 14. The van der Waals surface area contributed by atoms with Crippen LogP contribution >= 0.6 is 0 Å². The van der Waals surface area contributed by atoms with Gasteiger partial charge in [0.05, 0.1) is 43.9 Å². The number of hydrogen-bond donors (Lipinski definition) is 2. The average molecular weight is 1550 g/mol. The van der Waals surface area contributed by atoms with Crippen LogP contribution in [0.4, 0.5) is 26.3 Å². The summed E-state index contributed by atoms with van der Waals surface area (Å²) in [5.74, 6) is -10.5. The average Bonchev–Trinajstić information content (AvgIpc) is 1.12. The van der Waals surface area contributed by atoms with Crippen molar-refractivity contribution in [1.82, 2.24) is 59.6 Å². The van der Waals surface area contributed by atoms with E-state index >= 15 is 33.6 Å². The summed E-state index contributed by atoms with van der Waals surface area (Å²) < 4.78 is 95.9. The number of fused-ring (bicyclic) bond motifs is 3. The zero-order valence-corrected chi connectivity index (χ0v) is 65.4. The number of likely N-dealkylation sites (tertiary alicyclic amines) is 1. The van der Waals surface area contributed by atoms with Crippen LogP contribution in [0.2, 0.25) is 0 Å². The molecule has 12 amide bonds. The lowest BCUT2D eigenvalue weighted by atomic mass is 9.73. The number of rotatable bonds is 14. The number of halogens is 6.